The van der Waals surface area contributed by atoms with E-state index in [1.807, 2.05) is 36.4 Å². The highest BCUT2D eigenvalue weighted by Gasteiger charge is 2.12. The average Bonchev–Trinajstić information content (AvgIpc) is 2.65. The lowest BCUT2D eigenvalue weighted by atomic mass is 9.97. The van der Waals surface area contributed by atoms with E-state index in [1.165, 1.54) is 0 Å². The summed E-state index contributed by atoms with van der Waals surface area (Å²) in [6.45, 7) is 0. The van der Waals surface area contributed by atoms with Gasteiger partial charge in [0, 0.05) is 36.1 Å². The minimum absolute atomic E-state index is 0.375. The van der Waals surface area contributed by atoms with E-state index in [2.05, 4.69) is 15.3 Å². The highest BCUT2D eigenvalue weighted by Crippen LogP contribution is 2.23. The quantitative estimate of drug-likeness (QED) is 0.539. The summed E-state index contributed by atoms with van der Waals surface area (Å²) >= 11 is 5.98. The lowest BCUT2D eigenvalue weighted by molar-refractivity contribution is 0.415. The zero-order chi connectivity index (χ0) is 17.8. The number of benzene rings is 1. The van der Waals surface area contributed by atoms with Gasteiger partial charge in [0.05, 0.1) is 23.9 Å². The molecule has 3 aromatic rings. The van der Waals surface area contributed by atoms with Crippen molar-refractivity contribution in [2.45, 2.75) is 0 Å². The number of allylic oxidation sites excluding steroid dienone is 1. The molecule has 2 aromatic heterocycles. The number of halogens is 1. The topological polar surface area (TPSA) is 70.9 Å². The van der Waals surface area contributed by atoms with E-state index < -0.39 is 0 Å². The zero-order valence-corrected chi connectivity index (χ0v) is 14.6. The van der Waals surface area contributed by atoms with Crippen molar-refractivity contribution in [3.8, 4) is 5.75 Å². The molecule has 25 heavy (non-hydrogen) atoms. The van der Waals surface area contributed by atoms with Crippen molar-refractivity contribution >= 4 is 33.9 Å². The maximum atomic E-state index is 8.58. The Hall–Kier alpha value is -2.92. The van der Waals surface area contributed by atoms with Crippen LogP contribution in [-0.4, -0.2) is 29.8 Å². The van der Waals surface area contributed by atoms with Crippen molar-refractivity contribution in [1.82, 2.24) is 15.3 Å². The first-order valence-corrected chi connectivity index (χ1v) is 8.03. The van der Waals surface area contributed by atoms with Crippen LogP contribution >= 0.6 is 11.6 Å². The zero-order valence-electron chi connectivity index (χ0n) is 13.9. The first kappa shape index (κ1) is 16.9. The summed E-state index contributed by atoms with van der Waals surface area (Å²) in [5.41, 5.74) is 4.10. The van der Waals surface area contributed by atoms with Crippen LogP contribution in [0.15, 0.2) is 54.9 Å². The number of aromatic nitrogens is 2. The Morgan fingerprint density at radius 3 is 2.56 bits per heavy atom. The first-order valence-electron chi connectivity index (χ1n) is 7.66. The Morgan fingerprint density at radius 2 is 1.88 bits per heavy atom. The van der Waals surface area contributed by atoms with Gasteiger partial charge in [-0.15, -0.1) is 0 Å². The summed E-state index contributed by atoms with van der Waals surface area (Å²) < 4.78 is 5.17. The van der Waals surface area contributed by atoms with Crippen molar-refractivity contribution in [3.63, 3.8) is 0 Å². The fourth-order valence-electron chi connectivity index (χ4n) is 2.49. The molecule has 6 heteroatoms. The van der Waals surface area contributed by atoms with Gasteiger partial charge in [0.2, 0.25) is 0 Å². The lowest BCUT2D eigenvalue weighted by Crippen LogP contribution is -2.07. The van der Waals surface area contributed by atoms with Crippen molar-refractivity contribution in [2.75, 3.05) is 14.2 Å². The van der Waals surface area contributed by atoms with Crippen molar-refractivity contribution in [1.29, 1.82) is 5.41 Å². The highest BCUT2D eigenvalue weighted by atomic mass is 35.5. The highest BCUT2D eigenvalue weighted by molar-refractivity contribution is 6.31. The van der Waals surface area contributed by atoms with Gasteiger partial charge in [-0.2, -0.15) is 0 Å². The van der Waals surface area contributed by atoms with Gasteiger partial charge in [-0.25, -0.2) is 4.98 Å². The normalized spacial score (nSPS) is 11.4. The molecule has 0 bridgehead atoms. The molecule has 0 saturated heterocycles. The smallest absolute Gasteiger partial charge is 0.129 e. The Bertz CT molecular complexity index is 951. The molecule has 2 heterocycles. The molecule has 0 amide bonds. The van der Waals surface area contributed by atoms with Crippen LogP contribution in [0.3, 0.4) is 0 Å². The van der Waals surface area contributed by atoms with E-state index in [9.17, 15) is 0 Å². The number of pyridine rings is 2. The van der Waals surface area contributed by atoms with E-state index in [1.54, 1.807) is 32.6 Å². The average molecular weight is 353 g/mol. The summed E-state index contributed by atoms with van der Waals surface area (Å²) in [5, 5.41) is 12.0. The fraction of sp³-hybridized carbons (Fsp3) is 0.105. The number of hydrogen-bond acceptors (Lipinski definition) is 5. The molecule has 5 nitrogen and oxygen atoms in total. The Balaban J connectivity index is 2.03. The number of rotatable bonds is 5. The molecule has 0 saturated carbocycles. The maximum Gasteiger partial charge on any atom is 0.129 e. The van der Waals surface area contributed by atoms with Gasteiger partial charge >= 0.3 is 0 Å². The van der Waals surface area contributed by atoms with Crippen molar-refractivity contribution in [2.24, 2.45) is 0 Å². The van der Waals surface area contributed by atoms with Crippen LogP contribution in [0, 0.1) is 5.41 Å². The van der Waals surface area contributed by atoms with Crippen LogP contribution in [0.5, 0.6) is 5.75 Å². The van der Waals surface area contributed by atoms with Crippen molar-refractivity contribution in [3.05, 3.63) is 71.1 Å². The Kier molecular flexibility index (Phi) is 4.95. The van der Waals surface area contributed by atoms with E-state index in [0.717, 1.165) is 22.4 Å². The predicted molar refractivity (Wildman–Crippen MR) is 101 cm³/mol. The maximum absolute atomic E-state index is 8.58. The van der Waals surface area contributed by atoms with Crippen LogP contribution < -0.4 is 10.1 Å². The Labute approximate surface area is 150 Å². The summed E-state index contributed by atoms with van der Waals surface area (Å²) in [5.74, 6) is 0.752. The second-order valence-corrected chi connectivity index (χ2v) is 5.73. The molecule has 0 atom stereocenters. The third kappa shape index (κ3) is 3.61. The number of hydrogen-bond donors (Lipinski definition) is 2. The summed E-state index contributed by atoms with van der Waals surface area (Å²) in [7, 11) is 3.41. The predicted octanol–water partition coefficient (Wildman–Crippen LogP) is 3.92. The molecule has 0 aliphatic carbocycles. The van der Waals surface area contributed by atoms with Crippen LogP contribution in [0.1, 0.15) is 11.1 Å². The van der Waals surface area contributed by atoms with Gasteiger partial charge in [0.1, 0.15) is 10.9 Å². The third-order valence-corrected chi connectivity index (χ3v) is 3.96. The molecule has 1 aromatic carbocycles. The molecule has 0 aliphatic rings. The molecule has 126 valence electrons. The van der Waals surface area contributed by atoms with Crippen LogP contribution in [0.2, 0.25) is 5.15 Å². The standard InChI is InChI=1S/C19H17ClN4O/c1-22-11-15(19(21)12-3-5-14(25-2)6-4-12)13-9-17-16(23-10-13)7-8-18(20)24-17/h3-11,21-22H,1-2H3/b15-11-,21-19?. The summed E-state index contributed by atoms with van der Waals surface area (Å²) in [4.78, 5) is 8.72. The number of nitrogens with zero attached hydrogens (tertiary/aromatic N) is 2. The summed E-state index contributed by atoms with van der Waals surface area (Å²) in [6, 6.07) is 12.8. The molecular weight excluding hydrogens is 336 g/mol. The molecule has 0 aliphatic heterocycles. The number of fused-ring (bicyclic) bond motifs is 1. The van der Waals surface area contributed by atoms with Crippen molar-refractivity contribution < 1.29 is 4.74 Å². The number of nitrogens with one attached hydrogen (secondary N) is 2. The number of ether oxygens (including phenoxy) is 1. The second-order valence-electron chi connectivity index (χ2n) is 5.35. The van der Waals surface area contributed by atoms with E-state index >= 15 is 0 Å². The van der Waals surface area contributed by atoms with Gasteiger partial charge < -0.3 is 10.1 Å². The second kappa shape index (κ2) is 7.32. The fourth-order valence-corrected chi connectivity index (χ4v) is 2.64. The first-order chi connectivity index (χ1) is 12.1. The Morgan fingerprint density at radius 1 is 1.12 bits per heavy atom. The molecule has 3 rings (SSSR count). The van der Waals surface area contributed by atoms with Gasteiger partial charge in [-0.3, -0.25) is 10.4 Å². The minimum atomic E-state index is 0.375. The van der Waals surface area contributed by atoms with E-state index in [-0.39, 0.29) is 0 Å². The SMILES string of the molecule is CN/C=C(\C(=N)c1ccc(OC)cc1)c1cnc2ccc(Cl)nc2c1. The monoisotopic (exact) mass is 352 g/mol. The van der Waals surface area contributed by atoms with Crippen LogP contribution in [0.4, 0.5) is 0 Å². The van der Waals surface area contributed by atoms with Gasteiger partial charge in [0.25, 0.3) is 0 Å². The molecule has 2 N–H and O–H groups in total. The summed E-state index contributed by atoms with van der Waals surface area (Å²) in [6.07, 6.45) is 3.51. The minimum Gasteiger partial charge on any atom is -0.497 e. The largest absolute Gasteiger partial charge is 0.497 e. The van der Waals surface area contributed by atoms with Gasteiger partial charge in [-0.05, 0) is 42.5 Å². The van der Waals surface area contributed by atoms with E-state index in [4.69, 9.17) is 21.7 Å². The van der Waals surface area contributed by atoms with Crippen LogP contribution in [0.25, 0.3) is 16.6 Å². The van der Waals surface area contributed by atoms with Gasteiger partial charge in [-0.1, -0.05) is 11.6 Å². The molecule has 0 fully saturated rings. The van der Waals surface area contributed by atoms with Gasteiger partial charge in [0.15, 0.2) is 0 Å². The lowest BCUT2D eigenvalue weighted by Gasteiger charge is -2.11. The molecule has 0 radical (unpaired) electrons. The van der Waals surface area contributed by atoms with Crippen LogP contribution in [-0.2, 0) is 0 Å². The molecular formula is C19H17ClN4O. The molecule has 0 unspecified atom stereocenters. The van der Waals surface area contributed by atoms with E-state index in [0.29, 0.717) is 22.0 Å². The molecule has 0 spiro atoms. The third-order valence-electron chi connectivity index (χ3n) is 3.75. The number of methoxy groups -OCH3 is 1.